The Balaban J connectivity index is 1.35. The first-order valence-corrected chi connectivity index (χ1v) is 14.1. The Morgan fingerprint density at radius 3 is 2.22 bits per heavy atom. The highest BCUT2D eigenvalue weighted by molar-refractivity contribution is 6.10. The van der Waals surface area contributed by atoms with Crippen LogP contribution in [0.15, 0.2) is 120 Å². The minimum Gasteiger partial charge on any atom is -0.295 e. The second-order valence-electron chi connectivity index (χ2n) is 10.8. The fourth-order valence-electron chi connectivity index (χ4n) is 6.55. The van der Waals surface area contributed by atoms with Crippen LogP contribution >= 0.6 is 0 Å². The van der Waals surface area contributed by atoms with Crippen molar-refractivity contribution in [3.8, 4) is 28.1 Å². The first kappa shape index (κ1) is 23.6. The van der Waals surface area contributed by atoms with Crippen molar-refractivity contribution in [1.82, 2.24) is 14.1 Å². The number of rotatable bonds is 3. The largest absolute Gasteiger partial charge is 0.334 e. The van der Waals surface area contributed by atoms with Crippen LogP contribution in [0, 0.1) is 0 Å². The molecule has 0 saturated heterocycles. The van der Waals surface area contributed by atoms with E-state index in [1.807, 2.05) is 36.5 Å². The number of hydrogen-bond acceptors (Lipinski definition) is 2. The molecule has 7 aromatic rings. The number of imidazole rings is 1. The van der Waals surface area contributed by atoms with E-state index in [1.165, 1.54) is 49.4 Å². The van der Waals surface area contributed by atoms with Crippen molar-refractivity contribution in [2.24, 2.45) is 7.05 Å². The van der Waals surface area contributed by atoms with Crippen LogP contribution in [0.1, 0.15) is 17.5 Å². The Bertz CT molecular complexity index is 2230. The van der Waals surface area contributed by atoms with Crippen molar-refractivity contribution in [3.63, 3.8) is 0 Å². The third-order valence-electron chi connectivity index (χ3n) is 8.47. The van der Waals surface area contributed by atoms with Gasteiger partial charge in [0.1, 0.15) is 5.82 Å². The topological polar surface area (TPSA) is 39.8 Å². The summed E-state index contributed by atoms with van der Waals surface area (Å²) in [5.74, 6) is 0.622. The number of hydrogen-bond donors (Lipinski definition) is 0. The van der Waals surface area contributed by atoms with Gasteiger partial charge in [-0.05, 0) is 92.5 Å². The van der Waals surface area contributed by atoms with Crippen LogP contribution in [-0.4, -0.2) is 14.1 Å². The predicted molar refractivity (Wildman–Crippen MR) is 170 cm³/mol. The van der Waals surface area contributed by atoms with Crippen LogP contribution in [0.4, 0.5) is 0 Å². The number of pyridine rings is 1. The third-order valence-corrected chi connectivity index (χ3v) is 8.47. The molecule has 0 atom stereocenters. The molecule has 0 N–H and O–H groups in total. The molecule has 1 aliphatic carbocycles. The van der Waals surface area contributed by atoms with Gasteiger partial charge in [-0.25, -0.2) is 14.3 Å². The number of benzene rings is 5. The summed E-state index contributed by atoms with van der Waals surface area (Å²) in [6.45, 7) is 0. The lowest BCUT2D eigenvalue weighted by Crippen LogP contribution is -2.21. The highest BCUT2D eigenvalue weighted by Gasteiger charge is 2.22. The Kier molecular flexibility index (Phi) is 5.29. The zero-order valence-corrected chi connectivity index (χ0v) is 22.7. The lowest BCUT2D eigenvalue weighted by atomic mass is 9.80. The van der Waals surface area contributed by atoms with E-state index in [0.717, 1.165) is 29.4 Å². The number of fused-ring (bicyclic) bond motifs is 4. The van der Waals surface area contributed by atoms with E-state index in [1.54, 1.807) is 16.2 Å². The first-order chi connectivity index (χ1) is 20.2. The SMILES string of the molecule is Cn1c(=O)n(-c2ccc(-c3c4c(c(-c5ccc6ccccc6c5)c5ccccc35)CCC=C4)cn2)c2ccccc21. The van der Waals surface area contributed by atoms with Crippen LogP contribution in [0.5, 0.6) is 0 Å². The fourth-order valence-corrected chi connectivity index (χ4v) is 6.55. The summed E-state index contributed by atoms with van der Waals surface area (Å²) in [7, 11) is 1.80. The van der Waals surface area contributed by atoms with Gasteiger partial charge in [0, 0.05) is 18.8 Å². The molecule has 0 bridgehead atoms. The predicted octanol–water partition coefficient (Wildman–Crippen LogP) is 8.32. The molecule has 0 unspecified atom stereocenters. The summed E-state index contributed by atoms with van der Waals surface area (Å²) in [4.78, 5) is 18.0. The normalized spacial score (nSPS) is 12.8. The maximum Gasteiger partial charge on any atom is 0.334 e. The van der Waals surface area contributed by atoms with E-state index in [0.29, 0.717) is 5.82 Å². The summed E-state index contributed by atoms with van der Waals surface area (Å²) < 4.78 is 3.36. The van der Waals surface area contributed by atoms with Crippen LogP contribution in [0.25, 0.3) is 66.7 Å². The number of aryl methyl sites for hydroxylation is 1. The maximum absolute atomic E-state index is 13.1. The summed E-state index contributed by atoms with van der Waals surface area (Å²) >= 11 is 0. The highest BCUT2D eigenvalue weighted by Crippen LogP contribution is 2.44. The molecular formula is C37H27N3O. The molecule has 196 valence electrons. The van der Waals surface area contributed by atoms with Crippen molar-refractivity contribution in [3.05, 3.63) is 137 Å². The van der Waals surface area contributed by atoms with Crippen LogP contribution in [-0.2, 0) is 13.5 Å². The molecular weight excluding hydrogens is 502 g/mol. The zero-order chi connectivity index (χ0) is 27.5. The van der Waals surface area contributed by atoms with Gasteiger partial charge in [0.15, 0.2) is 0 Å². The minimum atomic E-state index is -0.100. The average Bonchev–Trinajstić information content (AvgIpc) is 3.29. The Morgan fingerprint density at radius 2 is 1.41 bits per heavy atom. The van der Waals surface area contributed by atoms with Crippen molar-refractivity contribution in [1.29, 1.82) is 0 Å². The fraction of sp³-hybridized carbons (Fsp3) is 0.0811. The van der Waals surface area contributed by atoms with E-state index in [-0.39, 0.29) is 5.69 Å². The molecule has 0 aliphatic heterocycles. The number of nitrogens with zero attached hydrogens (tertiary/aromatic N) is 3. The minimum absolute atomic E-state index is 0.100. The summed E-state index contributed by atoms with van der Waals surface area (Å²) in [5, 5.41) is 4.96. The average molecular weight is 530 g/mol. The number of para-hydroxylation sites is 2. The molecule has 2 heterocycles. The molecule has 4 nitrogen and oxygen atoms in total. The van der Waals surface area contributed by atoms with Gasteiger partial charge in [-0.3, -0.25) is 4.57 Å². The van der Waals surface area contributed by atoms with Gasteiger partial charge in [0.2, 0.25) is 0 Å². The summed E-state index contributed by atoms with van der Waals surface area (Å²) in [6.07, 6.45) is 8.50. The van der Waals surface area contributed by atoms with Crippen molar-refractivity contribution < 1.29 is 0 Å². The molecule has 0 spiro atoms. The van der Waals surface area contributed by atoms with E-state index < -0.39 is 0 Å². The van der Waals surface area contributed by atoms with E-state index in [9.17, 15) is 4.79 Å². The number of allylic oxidation sites excluding steroid dienone is 1. The lowest BCUT2D eigenvalue weighted by molar-refractivity contribution is 0.834. The van der Waals surface area contributed by atoms with Gasteiger partial charge in [0.25, 0.3) is 0 Å². The molecule has 5 aromatic carbocycles. The Morgan fingerprint density at radius 1 is 0.707 bits per heavy atom. The molecule has 8 rings (SSSR count). The lowest BCUT2D eigenvalue weighted by Gasteiger charge is -2.24. The van der Waals surface area contributed by atoms with E-state index >= 15 is 0 Å². The quantitative estimate of drug-likeness (QED) is 0.231. The molecule has 41 heavy (non-hydrogen) atoms. The van der Waals surface area contributed by atoms with Gasteiger partial charge in [-0.15, -0.1) is 0 Å². The highest BCUT2D eigenvalue weighted by atomic mass is 16.1. The van der Waals surface area contributed by atoms with Crippen molar-refractivity contribution >= 4 is 38.7 Å². The zero-order valence-electron chi connectivity index (χ0n) is 22.7. The van der Waals surface area contributed by atoms with E-state index in [4.69, 9.17) is 4.98 Å². The third kappa shape index (κ3) is 3.61. The Labute approximate surface area is 237 Å². The van der Waals surface area contributed by atoms with Gasteiger partial charge in [-0.2, -0.15) is 0 Å². The van der Waals surface area contributed by atoms with Crippen molar-refractivity contribution in [2.45, 2.75) is 12.8 Å². The summed E-state index contributed by atoms with van der Waals surface area (Å²) in [6, 6.07) is 36.0. The standard InChI is InChI=1S/C37H27N3O/c1-39-32-16-8-9-17-33(32)40(37(39)41)34-21-20-27(23-38-34)36-30-14-6-4-12-28(30)35(29-13-5-7-15-31(29)36)26-19-18-24-10-2-3-11-25(24)22-26/h2-4,6-12,14-23H,5,13H2,1H3. The Hall–Kier alpha value is -5.22. The second-order valence-corrected chi connectivity index (χ2v) is 10.8. The van der Waals surface area contributed by atoms with Gasteiger partial charge in [0.05, 0.1) is 11.0 Å². The molecule has 1 aliphatic rings. The smallest absolute Gasteiger partial charge is 0.295 e. The van der Waals surface area contributed by atoms with Crippen LogP contribution in [0.2, 0.25) is 0 Å². The van der Waals surface area contributed by atoms with Gasteiger partial charge < -0.3 is 0 Å². The molecule has 4 heteroatoms. The number of aromatic nitrogens is 3. The van der Waals surface area contributed by atoms with Gasteiger partial charge >= 0.3 is 5.69 Å². The molecule has 0 amide bonds. The molecule has 0 saturated carbocycles. The molecule has 0 radical (unpaired) electrons. The van der Waals surface area contributed by atoms with Gasteiger partial charge in [-0.1, -0.05) is 84.9 Å². The van der Waals surface area contributed by atoms with Crippen LogP contribution < -0.4 is 5.69 Å². The van der Waals surface area contributed by atoms with E-state index in [2.05, 4.69) is 84.9 Å². The second kappa shape index (κ2) is 9.17. The molecule has 0 fully saturated rings. The molecule has 2 aromatic heterocycles. The monoisotopic (exact) mass is 529 g/mol. The maximum atomic E-state index is 13.1. The summed E-state index contributed by atoms with van der Waals surface area (Å²) in [5.41, 5.74) is 9.09. The van der Waals surface area contributed by atoms with Crippen molar-refractivity contribution in [2.75, 3.05) is 0 Å². The van der Waals surface area contributed by atoms with Crippen LogP contribution in [0.3, 0.4) is 0 Å². The first-order valence-electron chi connectivity index (χ1n) is 14.1.